The Morgan fingerprint density at radius 2 is 2.11 bits per heavy atom. The fourth-order valence-electron chi connectivity index (χ4n) is 3.12. The van der Waals surface area contributed by atoms with Gasteiger partial charge in [-0.15, -0.1) is 0 Å². The van der Waals surface area contributed by atoms with Gasteiger partial charge in [-0.2, -0.15) is 0 Å². The van der Waals surface area contributed by atoms with Gasteiger partial charge in [0.2, 0.25) is 0 Å². The molecule has 2 aromatic heterocycles. The number of ether oxygens (including phenoxy) is 1. The van der Waals surface area contributed by atoms with Crippen molar-refractivity contribution in [3.63, 3.8) is 0 Å². The summed E-state index contributed by atoms with van der Waals surface area (Å²) in [6, 6.07) is 6.18. The number of amides is 2. The van der Waals surface area contributed by atoms with Crippen molar-refractivity contribution in [1.29, 1.82) is 0 Å². The van der Waals surface area contributed by atoms with Crippen LogP contribution >= 0.6 is 0 Å². The van der Waals surface area contributed by atoms with Crippen LogP contribution in [0.15, 0.2) is 50.6 Å². The van der Waals surface area contributed by atoms with Crippen LogP contribution in [0.2, 0.25) is 0 Å². The largest absolute Gasteiger partial charge is 0.467 e. The summed E-state index contributed by atoms with van der Waals surface area (Å²) in [5.41, 5.74) is 0.862. The normalized spacial score (nSPS) is 18.0. The van der Waals surface area contributed by atoms with Gasteiger partial charge in [-0.3, -0.25) is 0 Å². The first-order valence-corrected chi connectivity index (χ1v) is 8.85. The van der Waals surface area contributed by atoms with Crippen molar-refractivity contribution in [1.82, 2.24) is 10.6 Å². The molecule has 0 saturated carbocycles. The summed E-state index contributed by atoms with van der Waals surface area (Å²) in [6.07, 6.45) is 1.50. The molecule has 0 aromatic carbocycles. The minimum absolute atomic E-state index is 0.239. The molecule has 8 nitrogen and oxygen atoms in total. The Morgan fingerprint density at radius 1 is 1.30 bits per heavy atom. The van der Waals surface area contributed by atoms with Gasteiger partial charge in [-0.05, 0) is 38.1 Å². The van der Waals surface area contributed by atoms with E-state index in [0.29, 0.717) is 30.1 Å². The molecule has 144 valence electrons. The molecule has 3 rings (SSSR count). The minimum atomic E-state index is -0.693. The van der Waals surface area contributed by atoms with Gasteiger partial charge < -0.3 is 29.1 Å². The summed E-state index contributed by atoms with van der Waals surface area (Å²) in [5, 5.41) is 5.49. The monoisotopic (exact) mass is 374 g/mol. The number of nitrogens with one attached hydrogen (secondary N) is 3. The molecule has 0 aliphatic carbocycles. The van der Waals surface area contributed by atoms with Crippen LogP contribution in [0.25, 0.3) is 0 Å². The van der Waals surface area contributed by atoms with Gasteiger partial charge in [0.1, 0.15) is 30.7 Å². The van der Waals surface area contributed by atoms with E-state index in [0.717, 1.165) is 16.4 Å². The standard InChI is InChI=1S/C19H23N3O5/c1-4-25-18(23)16-14(11-22(3)10-13-8-7-12(2)27-13)20-19(24)21-17(16)15-6-5-9-26-15/h5-9,17H,4,10-11H2,1-3H3,(H2,20,21,24)/p+1/t17-/m0/s1. The Morgan fingerprint density at radius 3 is 2.74 bits per heavy atom. The van der Waals surface area contributed by atoms with E-state index < -0.39 is 12.0 Å². The van der Waals surface area contributed by atoms with E-state index in [1.54, 1.807) is 19.1 Å². The fraction of sp³-hybridized carbons (Fsp3) is 0.368. The Bertz CT molecular complexity index is 837. The average molecular weight is 374 g/mol. The van der Waals surface area contributed by atoms with Gasteiger partial charge in [-0.1, -0.05) is 0 Å². The Hall–Kier alpha value is -3.00. The summed E-state index contributed by atoms with van der Waals surface area (Å²) in [7, 11) is 1.96. The molecular weight excluding hydrogens is 350 g/mol. The van der Waals surface area contributed by atoms with Crippen LogP contribution in [0.3, 0.4) is 0 Å². The van der Waals surface area contributed by atoms with E-state index in [2.05, 4.69) is 10.6 Å². The maximum Gasteiger partial charge on any atom is 0.338 e. The molecule has 1 unspecified atom stereocenters. The smallest absolute Gasteiger partial charge is 0.338 e. The van der Waals surface area contributed by atoms with Gasteiger partial charge in [-0.25, -0.2) is 9.59 Å². The number of hydrogen-bond donors (Lipinski definition) is 3. The van der Waals surface area contributed by atoms with Crippen LogP contribution in [0.1, 0.15) is 30.2 Å². The zero-order chi connectivity index (χ0) is 19.4. The zero-order valence-corrected chi connectivity index (χ0v) is 15.6. The average Bonchev–Trinajstić information content (AvgIpc) is 3.26. The van der Waals surface area contributed by atoms with Crippen LogP contribution in [-0.4, -0.2) is 32.2 Å². The molecular formula is C19H24N3O5+. The molecule has 0 saturated heterocycles. The number of quaternary nitrogens is 1. The molecule has 3 N–H and O–H groups in total. The molecule has 1 aliphatic heterocycles. The van der Waals surface area contributed by atoms with Crippen LogP contribution in [0.4, 0.5) is 4.79 Å². The predicted molar refractivity (Wildman–Crippen MR) is 95.7 cm³/mol. The molecule has 27 heavy (non-hydrogen) atoms. The van der Waals surface area contributed by atoms with E-state index >= 15 is 0 Å². The summed E-state index contributed by atoms with van der Waals surface area (Å²) in [4.78, 5) is 25.8. The summed E-state index contributed by atoms with van der Waals surface area (Å²) < 4.78 is 16.3. The third-order valence-corrected chi connectivity index (χ3v) is 4.23. The number of carbonyl (C=O) groups excluding carboxylic acids is 2. The first-order chi connectivity index (χ1) is 13.0. The quantitative estimate of drug-likeness (QED) is 0.630. The lowest BCUT2D eigenvalue weighted by molar-refractivity contribution is -0.890. The lowest BCUT2D eigenvalue weighted by Crippen LogP contribution is -3.08. The van der Waals surface area contributed by atoms with Crippen LogP contribution in [-0.2, 0) is 16.1 Å². The molecule has 8 heteroatoms. The van der Waals surface area contributed by atoms with Gasteiger partial charge in [0, 0.05) is 0 Å². The molecule has 0 radical (unpaired) electrons. The SMILES string of the molecule is CCOC(=O)C1=C(C[NH+](C)Cc2ccc(C)o2)NC(=O)N[C@H]1c1ccco1. The lowest BCUT2D eigenvalue weighted by atomic mass is 10.00. The van der Waals surface area contributed by atoms with Crippen molar-refractivity contribution in [2.24, 2.45) is 0 Å². The molecule has 0 spiro atoms. The second-order valence-corrected chi connectivity index (χ2v) is 6.48. The van der Waals surface area contributed by atoms with Crippen molar-refractivity contribution in [3.05, 3.63) is 59.1 Å². The third-order valence-electron chi connectivity index (χ3n) is 4.23. The molecule has 2 aromatic rings. The topological polar surface area (TPSA) is 98.2 Å². The van der Waals surface area contributed by atoms with Crippen LogP contribution < -0.4 is 15.5 Å². The number of aryl methyl sites for hydroxylation is 1. The highest BCUT2D eigenvalue weighted by Gasteiger charge is 2.36. The summed E-state index contributed by atoms with van der Waals surface area (Å²) in [6.45, 7) is 4.90. The van der Waals surface area contributed by atoms with E-state index in [4.69, 9.17) is 13.6 Å². The molecule has 2 amide bonds. The number of urea groups is 1. The van der Waals surface area contributed by atoms with E-state index in [9.17, 15) is 9.59 Å². The first kappa shape index (κ1) is 18.8. The number of rotatable bonds is 7. The maximum absolute atomic E-state index is 12.6. The lowest BCUT2D eigenvalue weighted by Gasteiger charge is -2.28. The Balaban J connectivity index is 1.89. The van der Waals surface area contributed by atoms with Crippen LogP contribution in [0, 0.1) is 6.92 Å². The summed E-state index contributed by atoms with van der Waals surface area (Å²) >= 11 is 0. The van der Waals surface area contributed by atoms with Crippen LogP contribution in [0.5, 0.6) is 0 Å². The molecule has 0 bridgehead atoms. The number of likely N-dealkylation sites (N-methyl/N-ethyl adjacent to an activating group) is 1. The second-order valence-electron chi connectivity index (χ2n) is 6.48. The van der Waals surface area contributed by atoms with Crippen molar-refractivity contribution >= 4 is 12.0 Å². The van der Waals surface area contributed by atoms with Crippen molar-refractivity contribution in [2.75, 3.05) is 20.2 Å². The maximum atomic E-state index is 12.6. The van der Waals surface area contributed by atoms with E-state index in [-0.39, 0.29) is 12.6 Å². The van der Waals surface area contributed by atoms with E-state index in [1.807, 2.05) is 26.1 Å². The van der Waals surface area contributed by atoms with Gasteiger partial charge >= 0.3 is 12.0 Å². The van der Waals surface area contributed by atoms with Gasteiger partial charge in [0.15, 0.2) is 5.76 Å². The van der Waals surface area contributed by atoms with Crippen molar-refractivity contribution in [3.8, 4) is 0 Å². The number of hydrogen-bond acceptors (Lipinski definition) is 5. The molecule has 2 atom stereocenters. The Kier molecular flexibility index (Phi) is 5.66. The second kappa shape index (κ2) is 8.13. The molecule has 0 fully saturated rings. The van der Waals surface area contributed by atoms with Crippen molar-refractivity contribution < 1.29 is 28.1 Å². The molecule has 3 heterocycles. The van der Waals surface area contributed by atoms with E-state index in [1.165, 1.54) is 6.26 Å². The third kappa shape index (κ3) is 4.40. The highest BCUT2D eigenvalue weighted by atomic mass is 16.5. The van der Waals surface area contributed by atoms with Crippen molar-refractivity contribution in [2.45, 2.75) is 26.4 Å². The number of furan rings is 2. The first-order valence-electron chi connectivity index (χ1n) is 8.85. The summed E-state index contributed by atoms with van der Waals surface area (Å²) in [5.74, 6) is 1.68. The number of carbonyl (C=O) groups is 2. The number of esters is 1. The fourth-order valence-corrected chi connectivity index (χ4v) is 3.12. The van der Waals surface area contributed by atoms with Gasteiger partial charge in [0.25, 0.3) is 0 Å². The van der Waals surface area contributed by atoms with Gasteiger partial charge in [0.05, 0.1) is 31.2 Å². The predicted octanol–water partition coefficient (Wildman–Crippen LogP) is 1.07. The minimum Gasteiger partial charge on any atom is -0.467 e. The highest BCUT2D eigenvalue weighted by molar-refractivity contribution is 5.95. The highest BCUT2D eigenvalue weighted by Crippen LogP contribution is 2.27. The Labute approximate surface area is 157 Å². The molecule has 1 aliphatic rings. The zero-order valence-electron chi connectivity index (χ0n) is 15.6.